The SMILES string of the molecule is CC(=O)CCOCC1CCCCO1. The lowest BCUT2D eigenvalue weighted by Crippen LogP contribution is -2.24. The third-order valence-electron chi connectivity index (χ3n) is 2.18. The maximum Gasteiger partial charge on any atom is 0.132 e. The molecule has 13 heavy (non-hydrogen) atoms. The number of carbonyl (C=O) groups is 1. The van der Waals surface area contributed by atoms with Crippen LogP contribution in [0.1, 0.15) is 32.6 Å². The molecule has 76 valence electrons. The molecule has 1 rings (SSSR count). The average Bonchev–Trinajstić information content (AvgIpc) is 2.14. The van der Waals surface area contributed by atoms with E-state index < -0.39 is 0 Å². The second-order valence-electron chi connectivity index (χ2n) is 3.52. The summed E-state index contributed by atoms with van der Waals surface area (Å²) in [6.07, 6.45) is 4.29. The van der Waals surface area contributed by atoms with E-state index in [4.69, 9.17) is 9.47 Å². The summed E-state index contributed by atoms with van der Waals surface area (Å²) < 4.78 is 10.8. The van der Waals surface area contributed by atoms with Gasteiger partial charge in [0, 0.05) is 13.0 Å². The van der Waals surface area contributed by atoms with Crippen LogP contribution in [0.15, 0.2) is 0 Å². The van der Waals surface area contributed by atoms with Gasteiger partial charge in [-0.2, -0.15) is 0 Å². The molecule has 0 aliphatic carbocycles. The molecule has 1 heterocycles. The van der Waals surface area contributed by atoms with Crippen molar-refractivity contribution >= 4 is 5.78 Å². The van der Waals surface area contributed by atoms with Gasteiger partial charge in [-0.25, -0.2) is 0 Å². The Bertz CT molecular complexity index is 150. The summed E-state index contributed by atoms with van der Waals surface area (Å²) >= 11 is 0. The van der Waals surface area contributed by atoms with Crippen LogP contribution in [-0.2, 0) is 14.3 Å². The van der Waals surface area contributed by atoms with Crippen LogP contribution < -0.4 is 0 Å². The molecule has 0 saturated carbocycles. The molecule has 1 atom stereocenters. The topological polar surface area (TPSA) is 35.5 Å². The highest BCUT2D eigenvalue weighted by Crippen LogP contribution is 2.12. The first-order valence-corrected chi connectivity index (χ1v) is 4.98. The molecule has 1 unspecified atom stereocenters. The predicted molar refractivity (Wildman–Crippen MR) is 49.7 cm³/mol. The molecular weight excluding hydrogens is 168 g/mol. The van der Waals surface area contributed by atoms with E-state index in [9.17, 15) is 4.79 Å². The standard InChI is InChI=1S/C10H18O3/c1-9(11)5-7-12-8-10-4-2-3-6-13-10/h10H,2-8H2,1H3. The number of hydrogen-bond acceptors (Lipinski definition) is 3. The van der Waals surface area contributed by atoms with Gasteiger partial charge in [0.1, 0.15) is 5.78 Å². The molecule has 1 saturated heterocycles. The fourth-order valence-electron chi connectivity index (χ4n) is 1.37. The quantitative estimate of drug-likeness (QED) is 0.611. The number of ketones is 1. The molecule has 0 aromatic heterocycles. The first-order chi connectivity index (χ1) is 6.29. The van der Waals surface area contributed by atoms with Crippen molar-refractivity contribution < 1.29 is 14.3 Å². The summed E-state index contributed by atoms with van der Waals surface area (Å²) in [4.78, 5) is 10.6. The van der Waals surface area contributed by atoms with Gasteiger partial charge in [0.15, 0.2) is 0 Å². The highest BCUT2D eigenvalue weighted by atomic mass is 16.5. The Morgan fingerprint density at radius 1 is 1.54 bits per heavy atom. The van der Waals surface area contributed by atoms with E-state index in [-0.39, 0.29) is 11.9 Å². The van der Waals surface area contributed by atoms with Crippen molar-refractivity contribution in [3.63, 3.8) is 0 Å². The zero-order valence-corrected chi connectivity index (χ0v) is 8.25. The maximum atomic E-state index is 10.6. The monoisotopic (exact) mass is 186 g/mol. The highest BCUT2D eigenvalue weighted by molar-refractivity contribution is 5.75. The molecule has 0 bridgehead atoms. The van der Waals surface area contributed by atoms with Crippen molar-refractivity contribution in [2.24, 2.45) is 0 Å². The first-order valence-electron chi connectivity index (χ1n) is 4.98. The smallest absolute Gasteiger partial charge is 0.132 e. The van der Waals surface area contributed by atoms with E-state index in [1.165, 1.54) is 12.8 Å². The number of carbonyl (C=O) groups excluding carboxylic acids is 1. The van der Waals surface area contributed by atoms with E-state index in [1.807, 2.05) is 0 Å². The lowest BCUT2D eigenvalue weighted by molar-refractivity contribution is -0.118. The average molecular weight is 186 g/mol. The zero-order chi connectivity index (χ0) is 9.52. The van der Waals surface area contributed by atoms with Crippen molar-refractivity contribution in [1.29, 1.82) is 0 Å². The number of hydrogen-bond donors (Lipinski definition) is 0. The van der Waals surface area contributed by atoms with Gasteiger partial charge >= 0.3 is 0 Å². The largest absolute Gasteiger partial charge is 0.378 e. The summed E-state index contributed by atoms with van der Waals surface area (Å²) in [5.74, 6) is 0.185. The molecule has 0 spiro atoms. The van der Waals surface area contributed by atoms with Crippen LogP contribution in [0, 0.1) is 0 Å². The Hall–Kier alpha value is -0.410. The maximum absolute atomic E-state index is 10.6. The second-order valence-corrected chi connectivity index (χ2v) is 3.52. The summed E-state index contributed by atoms with van der Waals surface area (Å²) in [5.41, 5.74) is 0. The second kappa shape index (κ2) is 6.11. The van der Waals surface area contributed by atoms with E-state index >= 15 is 0 Å². The lowest BCUT2D eigenvalue weighted by Gasteiger charge is -2.22. The van der Waals surface area contributed by atoms with E-state index in [1.54, 1.807) is 6.92 Å². The number of rotatable bonds is 5. The molecule has 1 aliphatic rings. The Morgan fingerprint density at radius 2 is 2.38 bits per heavy atom. The third-order valence-corrected chi connectivity index (χ3v) is 2.18. The normalized spacial score (nSPS) is 23.0. The Morgan fingerprint density at radius 3 is 3.00 bits per heavy atom. The van der Waals surface area contributed by atoms with Crippen LogP contribution in [0.5, 0.6) is 0 Å². The van der Waals surface area contributed by atoms with Crippen molar-refractivity contribution in [2.75, 3.05) is 19.8 Å². The minimum absolute atomic E-state index is 0.185. The van der Waals surface area contributed by atoms with E-state index in [0.717, 1.165) is 13.0 Å². The van der Waals surface area contributed by atoms with Crippen LogP contribution >= 0.6 is 0 Å². The first kappa shape index (κ1) is 10.7. The molecule has 0 radical (unpaired) electrons. The van der Waals surface area contributed by atoms with Gasteiger partial charge in [-0.15, -0.1) is 0 Å². The van der Waals surface area contributed by atoms with Gasteiger partial charge in [-0.3, -0.25) is 4.79 Å². The van der Waals surface area contributed by atoms with Gasteiger partial charge in [0.2, 0.25) is 0 Å². The fourth-order valence-corrected chi connectivity index (χ4v) is 1.37. The van der Waals surface area contributed by atoms with Gasteiger partial charge in [-0.1, -0.05) is 0 Å². The lowest BCUT2D eigenvalue weighted by atomic mass is 10.1. The molecule has 3 heteroatoms. The number of Topliss-reactive ketones (excluding diaryl/α,β-unsaturated/α-hetero) is 1. The highest BCUT2D eigenvalue weighted by Gasteiger charge is 2.13. The van der Waals surface area contributed by atoms with Gasteiger partial charge in [-0.05, 0) is 26.2 Å². The van der Waals surface area contributed by atoms with Gasteiger partial charge in [0.25, 0.3) is 0 Å². The van der Waals surface area contributed by atoms with Crippen LogP contribution in [0.25, 0.3) is 0 Å². The van der Waals surface area contributed by atoms with Crippen LogP contribution in [0.3, 0.4) is 0 Å². The fraction of sp³-hybridized carbons (Fsp3) is 0.900. The van der Waals surface area contributed by atoms with E-state index in [2.05, 4.69) is 0 Å². The van der Waals surface area contributed by atoms with Crippen molar-refractivity contribution in [3.8, 4) is 0 Å². The minimum Gasteiger partial charge on any atom is -0.378 e. The molecule has 3 nitrogen and oxygen atoms in total. The predicted octanol–water partition coefficient (Wildman–Crippen LogP) is 1.55. The van der Waals surface area contributed by atoms with Gasteiger partial charge in [0.05, 0.1) is 19.3 Å². The molecule has 1 fully saturated rings. The Balaban J connectivity index is 1.95. The number of ether oxygens (including phenoxy) is 2. The molecule has 0 aromatic rings. The van der Waals surface area contributed by atoms with Crippen LogP contribution in [0.4, 0.5) is 0 Å². The van der Waals surface area contributed by atoms with Gasteiger partial charge < -0.3 is 9.47 Å². The van der Waals surface area contributed by atoms with E-state index in [0.29, 0.717) is 19.6 Å². The molecule has 0 aromatic carbocycles. The summed E-state index contributed by atoms with van der Waals surface area (Å²) in [5, 5.41) is 0. The molecule has 0 amide bonds. The van der Waals surface area contributed by atoms with Crippen molar-refractivity contribution in [2.45, 2.75) is 38.7 Å². The van der Waals surface area contributed by atoms with Crippen molar-refractivity contribution in [3.05, 3.63) is 0 Å². The minimum atomic E-state index is 0.185. The van der Waals surface area contributed by atoms with Crippen LogP contribution in [0.2, 0.25) is 0 Å². The summed E-state index contributed by atoms with van der Waals surface area (Å²) in [7, 11) is 0. The Labute approximate surface area is 79.4 Å². The third kappa shape index (κ3) is 5.01. The molecular formula is C10H18O3. The van der Waals surface area contributed by atoms with Crippen LogP contribution in [-0.4, -0.2) is 31.7 Å². The summed E-state index contributed by atoms with van der Waals surface area (Å²) in [6.45, 7) is 3.63. The molecule has 1 aliphatic heterocycles. The molecule has 0 N–H and O–H groups in total. The summed E-state index contributed by atoms with van der Waals surface area (Å²) in [6, 6.07) is 0. The zero-order valence-electron chi connectivity index (χ0n) is 8.25. The van der Waals surface area contributed by atoms with Crippen molar-refractivity contribution in [1.82, 2.24) is 0 Å². The Kier molecular flexibility index (Phi) is 5.01.